The Bertz CT molecular complexity index is 915. The minimum absolute atomic E-state index is 0.0760. The minimum Gasteiger partial charge on any atom is -0.384 e. The molecule has 0 fully saturated rings. The SMILES string of the molecule is N=C(N)c1ccc(NCC#Cc2ccc(Cc3ccccc3)cc2)cc1. The molecule has 3 nitrogen and oxygen atoms in total. The number of nitrogens with one attached hydrogen (secondary N) is 2. The third-order valence-electron chi connectivity index (χ3n) is 4.01. The highest BCUT2D eigenvalue weighted by atomic mass is 14.8. The van der Waals surface area contributed by atoms with Gasteiger partial charge in [0.25, 0.3) is 0 Å². The standard InChI is InChI=1S/C23H21N3/c24-23(25)21-12-14-22(15-13-21)26-16-4-7-18-8-10-20(11-9-18)17-19-5-2-1-3-6-19/h1-3,5-6,8-15,26H,16-17H2,(H3,24,25). The fraction of sp³-hybridized carbons (Fsp3) is 0.0870. The third-order valence-corrected chi connectivity index (χ3v) is 4.01. The van der Waals surface area contributed by atoms with Crippen molar-refractivity contribution in [2.24, 2.45) is 5.73 Å². The topological polar surface area (TPSA) is 61.9 Å². The Morgan fingerprint density at radius 1 is 0.846 bits per heavy atom. The van der Waals surface area contributed by atoms with Gasteiger partial charge in [0.15, 0.2) is 0 Å². The molecule has 3 heteroatoms. The number of nitrogen functional groups attached to an aromatic ring is 1. The lowest BCUT2D eigenvalue weighted by Gasteiger charge is -2.03. The monoisotopic (exact) mass is 339 g/mol. The van der Waals surface area contributed by atoms with E-state index in [1.807, 2.05) is 30.3 Å². The van der Waals surface area contributed by atoms with Crippen LogP contribution in [0, 0.1) is 17.3 Å². The van der Waals surface area contributed by atoms with Gasteiger partial charge in [-0.2, -0.15) is 0 Å². The maximum Gasteiger partial charge on any atom is 0.122 e. The van der Waals surface area contributed by atoms with Crippen LogP contribution in [0.5, 0.6) is 0 Å². The molecule has 3 aromatic rings. The van der Waals surface area contributed by atoms with Gasteiger partial charge in [0.1, 0.15) is 5.84 Å². The number of hydrogen-bond acceptors (Lipinski definition) is 2. The maximum atomic E-state index is 7.38. The fourth-order valence-electron chi connectivity index (χ4n) is 2.60. The first-order valence-electron chi connectivity index (χ1n) is 8.51. The molecule has 0 aliphatic carbocycles. The van der Waals surface area contributed by atoms with Crippen LogP contribution in [0.15, 0.2) is 78.9 Å². The zero-order valence-electron chi connectivity index (χ0n) is 14.5. The molecule has 0 radical (unpaired) electrons. The van der Waals surface area contributed by atoms with E-state index in [1.54, 1.807) is 0 Å². The van der Waals surface area contributed by atoms with Gasteiger partial charge in [0.05, 0.1) is 6.54 Å². The highest BCUT2D eigenvalue weighted by Gasteiger charge is 1.97. The summed E-state index contributed by atoms with van der Waals surface area (Å²) in [7, 11) is 0. The summed E-state index contributed by atoms with van der Waals surface area (Å²) >= 11 is 0. The summed E-state index contributed by atoms with van der Waals surface area (Å²) in [5, 5.41) is 10.6. The predicted octanol–water partition coefficient (Wildman–Crippen LogP) is 4.03. The molecule has 128 valence electrons. The van der Waals surface area contributed by atoms with Crippen molar-refractivity contribution < 1.29 is 0 Å². The highest BCUT2D eigenvalue weighted by molar-refractivity contribution is 5.95. The smallest absolute Gasteiger partial charge is 0.122 e. The highest BCUT2D eigenvalue weighted by Crippen LogP contribution is 2.11. The average Bonchev–Trinajstić information content (AvgIpc) is 2.68. The molecule has 0 amide bonds. The number of amidine groups is 1. The van der Waals surface area contributed by atoms with Crippen LogP contribution < -0.4 is 11.1 Å². The molecule has 0 aromatic heterocycles. The van der Waals surface area contributed by atoms with Crippen LogP contribution in [0.25, 0.3) is 0 Å². The summed E-state index contributed by atoms with van der Waals surface area (Å²) in [6.07, 6.45) is 0.937. The molecular formula is C23H21N3. The summed E-state index contributed by atoms with van der Waals surface area (Å²) in [5.41, 5.74) is 10.7. The molecule has 0 saturated carbocycles. The zero-order chi connectivity index (χ0) is 18.2. The van der Waals surface area contributed by atoms with Gasteiger partial charge < -0.3 is 11.1 Å². The van der Waals surface area contributed by atoms with Crippen molar-refractivity contribution in [3.8, 4) is 11.8 Å². The lowest BCUT2D eigenvalue weighted by atomic mass is 10.0. The Morgan fingerprint density at radius 3 is 2.15 bits per heavy atom. The fourth-order valence-corrected chi connectivity index (χ4v) is 2.60. The summed E-state index contributed by atoms with van der Waals surface area (Å²) < 4.78 is 0. The van der Waals surface area contributed by atoms with Crippen molar-refractivity contribution in [2.45, 2.75) is 6.42 Å². The molecule has 4 N–H and O–H groups in total. The van der Waals surface area contributed by atoms with Gasteiger partial charge in [-0.05, 0) is 53.9 Å². The lowest BCUT2D eigenvalue weighted by molar-refractivity contribution is 1.19. The second-order valence-corrected chi connectivity index (χ2v) is 6.01. The van der Waals surface area contributed by atoms with Crippen LogP contribution in [0.2, 0.25) is 0 Å². The van der Waals surface area contributed by atoms with E-state index in [0.29, 0.717) is 6.54 Å². The van der Waals surface area contributed by atoms with Gasteiger partial charge in [-0.25, -0.2) is 0 Å². The van der Waals surface area contributed by atoms with Gasteiger partial charge in [-0.1, -0.05) is 54.3 Å². The largest absolute Gasteiger partial charge is 0.384 e. The third kappa shape index (κ3) is 4.99. The van der Waals surface area contributed by atoms with Gasteiger partial charge in [0.2, 0.25) is 0 Å². The molecule has 3 aromatic carbocycles. The second kappa shape index (κ2) is 8.55. The van der Waals surface area contributed by atoms with Gasteiger partial charge in [-0.15, -0.1) is 0 Å². The van der Waals surface area contributed by atoms with E-state index in [9.17, 15) is 0 Å². The molecule has 26 heavy (non-hydrogen) atoms. The van der Waals surface area contributed by atoms with E-state index < -0.39 is 0 Å². The molecule has 0 saturated heterocycles. The number of anilines is 1. The normalized spacial score (nSPS) is 9.85. The molecular weight excluding hydrogens is 318 g/mol. The molecule has 0 aliphatic heterocycles. The first kappa shape index (κ1) is 17.3. The quantitative estimate of drug-likeness (QED) is 0.373. The van der Waals surface area contributed by atoms with Gasteiger partial charge >= 0.3 is 0 Å². The van der Waals surface area contributed by atoms with Crippen LogP contribution in [-0.4, -0.2) is 12.4 Å². The van der Waals surface area contributed by atoms with Crippen molar-refractivity contribution in [1.29, 1.82) is 5.41 Å². The summed E-state index contributed by atoms with van der Waals surface area (Å²) in [5.74, 6) is 6.37. The van der Waals surface area contributed by atoms with E-state index in [4.69, 9.17) is 11.1 Å². The van der Waals surface area contributed by atoms with E-state index in [0.717, 1.165) is 23.2 Å². The van der Waals surface area contributed by atoms with Crippen molar-refractivity contribution in [1.82, 2.24) is 0 Å². The van der Waals surface area contributed by atoms with Crippen molar-refractivity contribution in [2.75, 3.05) is 11.9 Å². The second-order valence-electron chi connectivity index (χ2n) is 6.01. The van der Waals surface area contributed by atoms with Crippen LogP contribution in [0.4, 0.5) is 5.69 Å². The Balaban J connectivity index is 1.52. The first-order chi connectivity index (χ1) is 12.7. The van der Waals surface area contributed by atoms with Crippen molar-refractivity contribution in [3.05, 3.63) is 101 Å². The number of benzene rings is 3. The van der Waals surface area contributed by atoms with Gasteiger partial charge in [-0.3, -0.25) is 5.41 Å². The zero-order valence-corrected chi connectivity index (χ0v) is 14.5. The molecule has 0 spiro atoms. The summed E-state index contributed by atoms with van der Waals surface area (Å²) in [4.78, 5) is 0. The molecule has 0 atom stereocenters. The Kier molecular flexibility index (Phi) is 5.69. The Labute approximate surface area is 154 Å². The number of hydrogen-bond donors (Lipinski definition) is 3. The first-order valence-corrected chi connectivity index (χ1v) is 8.51. The number of rotatable bonds is 5. The van der Waals surface area contributed by atoms with Gasteiger partial charge in [0, 0.05) is 16.8 Å². The molecule has 3 rings (SSSR count). The van der Waals surface area contributed by atoms with E-state index >= 15 is 0 Å². The van der Waals surface area contributed by atoms with E-state index in [2.05, 4.69) is 65.7 Å². The Hall–Kier alpha value is -3.51. The van der Waals surface area contributed by atoms with Crippen LogP contribution >= 0.6 is 0 Å². The van der Waals surface area contributed by atoms with Crippen LogP contribution in [0.3, 0.4) is 0 Å². The molecule has 0 heterocycles. The maximum absolute atomic E-state index is 7.38. The van der Waals surface area contributed by atoms with Crippen LogP contribution in [-0.2, 0) is 6.42 Å². The predicted molar refractivity (Wildman–Crippen MR) is 109 cm³/mol. The van der Waals surface area contributed by atoms with Crippen molar-refractivity contribution >= 4 is 11.5 Å². The lowest BCUT2D eigenvalue weighted by Crippen LogP contribution is -2.10. The molecule has 0 aliphatic rings. The van der Waals surface area contributed by atoms with Crippen LogP contribution in [0.1, 0.15) is 22.3 Å². The van der Waals surface area contributed by atoms with E-state index in [-0.39, 0.29) is 5.84 Å². The average molecular weight is 339 g/mol. The molecule has 0 bridgehead atoms. The van der Waals surface area contributed by atoms with Crippen molar-refractivity contribution in [3.63, 3.8) is 0 Å². The Morgan fingerprint density at radius 2 is 1.50 bits per heavy atom. The minimum atomic E-state index is 0.0760. The summed E-state index contributed by atoms with van der Waals surface area (Å²) in [6.45, 7) is 0.561. The number of nitrogens with two attached hydrogens (primary N) is 1. The van der Waals surface area contributed by atoms with E-state index in [1.165, 1.54) is 11.1 Å². The molecule has 0 unspecified atom stereocenters. The summed E-state index contributed by atoms with van der Waals surface area (Å²) in [6, 6.07) is 26.3.